The molecular weight excluding hydrogens is 372 g/mol. The molecule has 0 radical (unpaired) electrons. The number of hydrogen-bond acceptors (Lipinski definition) is 6. The molecule has 26 heavy (non-hydrogen) atoms. The highest BCUT2D eigenvalue weighted by molar-refractivity contribution is 7.91. The van der Waals surface area contributed by atoms with Crippen LogP contribution in [0.3, 0.4) is 0 Å². The molecule has 1 saturated heterocycles. The molecule has 7 nitrogen and oxygen atoms in total. The number of benzene rings is 1. The number of thiophene rings is 1. The summed E-state index contributed by atoms with van der Waals surface area (Å²) in [6.07, 6.45) is 0. The van der Waals surface area contributed by atoms with Crippen molar-refractivity contribution in [3.05, 3.63) is 47.3 Å². The molecule has 1 aliphatic rings. The highest BCUT2D eigenvalue weighted by atomic mass is 32.2. The number of nitrogens with one attached hydrogen (secondary N) is 1. The van der Waals surface area contributed by atoms with E-state index in [2.05, 4.69) is 5.32 Å². The summed E-state index contributed by atoms with van der Waals surface area (Å²) in [5.41, 5.74) is 1.06. The zero-order chi connectivity index (χ0) is 18.6. The van der Waals surface area contributed by atoms with Crippen LogP contribution in [-0.2, 0) is 14.8 Å². The number of nitriles is 1. The molecule has 136 valence electrons. The first-order valence-electron chi connectivity index (χ1n) is 8.05. The molecule has 3 rings (SSSR count). The molecule has 2 aromatic rings. The average molecular weight is 390 g/mol. The lowest BCUT2D eigenvalue weighted by molar-refractivity contribution is -0.117. The number of nitrogens with zero attached hydrogens (tertiary/aromatic N) is 3. The van der Waals surface area contributed by atoms with Crippen LogP contribution in [-0.4, -0.2) is 56.3 Å². The molecule has 1 aliphatic heterocycles. The second-order valence-corrected chi connectivity index (χ2v) is 8.97. The highest BCUT2D eigenvalue weighted by Gasteiger charge is 2.29. The van der Waals surface area contributed by atoms with E-state index in [-0.39, 0.29) is 12.5 Å². The molecule has 0 unspecified atom stereocenters. The Morgan fingerprint density at radius 3 is 2.62 bits per heavy atom. The molecule has 0 saturated carbocycles. The minimum atomic E-state index is -3.43. The lowest BCUT2D eigenvalue weighted by atomic mass is 10.2. The zero-order valence-electron chi connectivity index (χ0n) is 14.0. The lowest BCUT2D eigenvalue weighted by Gasteiger charge is -2.33. The molecule has 0 atom stereocenters. The third-order valence-corrected chi connectivity index (χ3v) is 7.33. The van der Waals surface area contributed by atoms with Crippen molar-refractivity contribution >= 4 is 33.0 Å². The summed E-state index contributed by atoms with van der Waals surface area (Å²) in [6.45, 7) is 1.89. The van der Waals surface area contributed by atoms with Gasteiger partial charge in [0.05, 0.1) is 18.2 Å². The fourth-order valence-electron chi connectivity index (χ4n) is 2.74. The summed E-state index contributed by atoms with van der Waals surface area (Å²) in [5, 5.41) is 13.4. The van der Waals surface area contributed by atoms with E-state index in [0.717, 1.165) is 0 Å². The number of amides is 1. The predicted octanol–water partition coefficient (Wildman–Crippen LogP) is 1.56. The van der Waals surface area contributed by atoms with Gasteiger partial charge in [-0.15, -0.1) is 11.3 Å². The monoisotopic (exact) mass is 390 g/mol. The fourth-order valence-corrected chi connectivity index (χ4v) is 5.30. The molecule has 1 amide bonds. The van der Waals surface area contributed by atoms with Crippen LogP contribution in [0.25, 0.3) is 0 Å². The number of rotatable bonds is 5. The first-order valence-corrected chi connectivity index (χ1v) is 10.4. The van der Waals surface area contributed by atoms with Crippen LogP contribution in [0.2, 0.25) is 0 Å². The standard InChI is InChI=1S/C17H18N4O3S2/c18-12-14-3-1-4-15(11-14)19-16(22)13-20-6-8-21(9-7-20)26(23,24)17-5-2-10-25-17/h1-5,10-11H,6-9,13H2,(H,19,22). The summed E-state index contributed by atoms with van der Waals surface area (Å²) in [4.78, 5) is 14.1. The van der Waals surface area contributed by atoms with Gasteiger partial charge in [-0.05, 0) is 29.6 Å². The van der Waals surface area contributed by atoms with Crippen LogP contribution >= 0.6 is 11.3 Å². The normalized spacial score (nSPS) is 16.1. The van der Waals surface area contributed by atoms with E-state index in [0.29, 0.717) is 41.6 Å². The lowest BCUT2D eigenvalue weighted by Crippen LogP contribution is -2.50. The number of sulfonamides is 1. The summed E-state index contributed by atoms with van der Waals surface area (Å²) >= 11 is 1.21. The van der Waals surface area contributed by atoms with E-state index in [1.807, 2.05) is 11.0 Å². The SMILES string of the molecule is N#Cc1cccc(NC(=O)CN2CCN(S(=O)(=O)c3cccs3)CC2)c1. The van der Waals surface area contributed by atoms with Crippen LogP contribution in [0.15, 0.2) is 46.0 Å². The average Bonchev–Trinajstić information content (AvgIpc) is 3.18. The molecule has 2 heterocycles. The molecule has 0 bridgehead atoms. The zero-order valence-corrected chi connectivity index (χ0v) is 15.6. The van der Waals surface area contributed by atoms with Crippen LogP contribution in [0.1, 0.15) is 5.56 Å². The van der Waals surface area contributed by atoms with Crippen molar-refractivity contribution in [2.75, 3.05) is 38.0 Å². The Balaban J connectivity index is 1.52. The number of piperazine rings is 1. The van der Waals surface area contributed by atoms with Gasteiger partial charge in [-0.25, -0.2) is 8.42 Å². The van der Waals surface area contributed by atoms with Gasteiger partial charge in [0, 0.05) is 31.9 Å². The summed E-state index contributed by atoms with van der Waals surface area (Å²) in [5.74, 6) is -0.186. The van der Waals surface area contributed by atoms with Crippen molar-refractivity contribution in [1.29, 1.82) is 5.26 Å². The molecule has 0 aliphatic carbocycles. The Bertz CT molecular complexity index is 912. The third kappa shape index (κ3) is 4.28. The minimum absolute atomic E-state index is 0.184. The quantitative estimate of drug-likeness (QED) is 0.836. The molecule has 1 N–H and O–H groups in total. The van der Waals surface area contributed by atoms with Crippen LogP contribution in [0.4, 0.5) is 5.69 Å². The smallest absolute Gasteiger partial charge is 0.252 e. The van der Waals surface area contributed by atoms with Crippen molar-refractivity contribution in [3.8, 4) is 6.07 Å². The van der Waals surface area contributed by atoms with E-state index < -0.39 is 10.0 Å². The van der Waals surface area contributed by atoms with E-state index in [9.17, 15) is 13.2 Å². The van der Waals surface area contributed by atoms with Crippen LogP contribution in [0, 0.1) is 11.3 Å². The van der Waals surface area contributed by atoms with E-state index in [1.165, 1.54) is 15.6 Å². The fraction of sp³-hybridized carbons (Fsp3) is 0.294. The Morgan fingerprint density at radius 1 is 1.19 bits per heavy atom. The van der Waals surface area contributed by atoms with Gasteiger partial charge in [-0.3, -0.25) is 9.69 Å². The summed E-state index contributed by atoms with van der Waals surface area (Å²) in [6, 6.07) is 12.1. The van der Waals surface area contributed by atoms with Crippen LogP contribution < -0.4 is 5.32 Å². The van der Waals surface area contributed by atoms with Crippen molar-refractivity contribution in [2.24, 2.45) is 0 Å². The van der Waals surface area contributed by atoms with Crippen molar-refractivity contribution < 1.29 is 13.2 Å². The van der Waals surface area contributed by atoms with Gasteiger partial charge in [0.2, 0.25) is 5.91 Å². The molecule has 0 spiro atoms. The molecule has 9 heteroatoms. The van der Waals surface area contributed by atoms with Crippen LogP contribution in [0.5, 0.6) is 0 Å². The largest absolute Gasteiger partial charge is 0.325 e. The maximum Gasteiger partial charge on any atom is 0.252 e. The number of hydrogen-bond donors (Lipinski definition) is 1. The van der Waals surface area contributed by atoms with E-state index >= 15 is 0 Å². The number of carbonyl (C=O) groups excluding carboxylic acids is 1. The summed E-state index contributed by atoms with van der Waals surface area (Å²) < 4.78 is 26.8. The van der Waals surface area contributed by atoms with E-state index in [4.69, 9.17) is 5.26 Å². The van der Waals surface area contributed by atoms with Gasteiger partial charge < -0.3 is 5.32 Å². The van der Waals surface area contributed by atoms with Gasteiger partial charge in [-0.1, -0.05) is 12.1 Å². The second-order valence-electron chi connectivity index (χ2n) is 5.85. The first kappa shape index (κ1) is 18.5. The Hall–Kier alpha value is -2.25. The van der Waals surface area contributed by atoms with Gasteiger partial charge in [0.15, 0.2) is 0 Å². The van der Waals surface area contributed by atoms with Gasteiger partial charge >= 0.3 is 0 Å². The number of anilines is 1. The van der Waals surface area contributed by atoms with Crippen molar-refractivity contribution in [3.63, 3.8) is 0 Å². The van der Waals surface area contributed by atoms with E-state index in [1.54, 1.807) is 41.8 Å². The molecular formula is C17H18N4O3S2. The van der Waals surface area contributed by atoms with Crippen molar-refractivity contribution in [1.82, 2.24) is 9.21 Å². The molecule has 1 aromatic heterocycles. The topological polar surface area (TPSA) is 93.5 Å². The van der Waals surface area contributed by atoms with Gasteiger partial charge in [0.1, 0.15) is 4.21 Å². The molecule has 1 aromatic carbocycles. The third-order valence-electron chi connectivity index (χ3n) is 4.06. The number of carbonyl (C=O) groups is 1. The predicted molar refractivity (Wildman–Crippen MR) is 99.3 cm³/mol. The Kier molecular flexibility index (Phi) is 5.68. The maximum absolute atomic E-state index is 12.5. The Labute approximate surface area is 156 Å². The van der Waals surface area contributed by atoms with Gasteiger partial charge in [-0.2, -0.15) is 9.57 Å². The minimum Gasteiger partial charge on any atom is -0.325 e. The Morgan fingerprint density at radius 2 is 1.96 bits per heavy atom. The highest BCUT2D eigenvalue weighted by Crippen LogP contribution is 2.22. The van der Waals surface area contributed by atoms with Crippen molar-refractivity contribution in [2.45, 2.75) is 4.21 Å². The maximum atomic E-state index is 12.5. The second kappa shape index (κ2) is 7.97. The van der Waals surface area contributed by atoms with Gasteiger partial charge in [0.25, 0.3) is 10.0 Å². The molecule has 1 fully saturated rings. The summed E-state index contributed by atoms with van der Waals surface area (Å²) in [7, 11) is -3.43. The first-order chi connectivity index (χ1) is 12.5.